The van der Waals surface area contributed by atoms with E-state index in [4.69, 9.17) is 4.52 Å². The zero-order valence-electron chi connectivity index (χ0n) is 17.8. The zero-order valence-corrected chi connectivity index (χ0v) is 17.8. The van der Waals surface area contributed by atoms with Gasteiger partial charge in [-0.3, -0.25) is 4.99 Å². The summed E-state index contributed by atoms with van der Waals surface area (Å²) in [5.41, 5.74) is 2.54. The average molecular weight is 387 g/mol. The molecule has 7 heteroatoms. The molecule has 0 atom stereocenters. The topological polar surface area (TPSA) is 78.6 Å². The van der Waals surface area contributed by atoms with Crippen LogP contribution in [0.3, 0.4) is 0 Å². The van der Waals surface area contributed by atoms with Crippen molar-refractivity contribution < 1.29 is 4.52 Å². The van der Waals surface area contributed by atoms with Crippen molar-refractivity contribution >= 4 is 11.6 Å². The van der Waals surface area contributed by atoms with Crippen LogP contribution < -0.4 is 15.5 Å². The fourth-order valence-corrected chi connectivity index (χ4v) is 2.87. The van der Waals surface area contributed by atoms with Gasteiger partial charge in [-0.15, -0.1) is 0 Å². The molecule has 0 amide bonds. The second kappa shape index (κ2) is 11.3. The van der Waals surface area contributed by atoms with Crippen molar-refractivity contribution in [2.24, 2.45) is 4.99 Å². The van der Waals surface area contributed by atoms with Gasteiger partial charge in [0.1, 0.15) is 0 Å². The SMILES string of the molecule is CCN(CCNC(=NC)NCCCc1nc(C(C)C)no1)c1cccc(C)c1. The van der Waals surface area contributed by atoms with E-state index < -0.39 is 0 Å². The van der Waals surface area contributed by atoms with E-state index in [0.29, 0.717) is 11.8 Å². The molecule has 154 valence electrons. The van der Waals surface area contributed by atoms with Crippen molar-refractivity contribution in [3.63, 3.8) is 0 Å². The highest BCUT2D eigenvalue weighted by atomic mass is 16.5. The first-order valence-corrected chi connectivity index (χ1v) is 10.1. The maximum absolute atomic E-state index is 5.27. The van der Waals surface area contributed by atoms with Gasteiger partial charge in [0.15, 0.2) is 11.8 Å². The number of benzene rings is 1. The fraction of sp³-hybridized carbons (Fsp3) is 0.571. The largest absolute Gasteiger partial charge is 0.370 e. The first-order valence-electron chi connectivity index (χ1n) is 10.1. The van der Waals surface area contributed by atoms with Crippen molar-refractivity contribution in [3.8, 4) is 0 Å². The summed E-state index contributed by atoms with van der Waals surface area (Å²) in [5, 5.41) is 10.7. The molecule has 28 heavy (non-hydrogen) atoms. The first kappa shape index (κ1) is 21.7. The van der Waals surface area contributed by atoms with E-state index >= 15 is 0 Å². The van der Waals surface area contributed by atoms with Gasteiger partial charge in [-0.05, 0) is 38.0 Å². The molecular formula is C21H34N6O. The Hall–Kier alpha value is -2.57. The van der Waals surface area contributed by atoms with Crippen LogP contribution in [0.4, 0.5) is 5.69 Å². The molecule has 1 aromatic carbocycles. The summed E-state index contributed by atoms with van der Waals surface area (Å²) in [6, 6.07) is 8.61. The second-order valence-corrected chi connectivity index (χ2v) is 7.15. The van der Waals surface area contributed by atoms with Gasteiger partial charge in [0.05, 0.1) is 0 Å². The summed E-state index contributed by atoms with van der Waals surface area (Å²) in [7, 11) is 1.79. The second-order valence-electron chi connectivity index (χ2n) is 7.15. The van der Waals surface area contributed by atoms with Gasteiger partial charge in [-0.1, -0.05) is 31.1 Å². The van der Waals surface area contributed by atoms with Crippen LogP contribution >= 0.6 is 0 Å². The van der Waals surface area contributed by atoms with Crippen LogP contribution in [0.1, 0.15) is 50.4 Å². The lowest BCUT2D eigenvalue weighted by molar-refractivity contribution is 0.368. The number of rotatable bonds is 10. The molecular weight excluding hydrogens is 352 g/mol. The molecule has 0 radical (unpaired) electrons. The molecule has 0 spiro atoms. The standard InChI is InChI=1S/C21H34N6O/c1-6-27(18-10-7-9-17(4)15-18)14-13-24-21(22-5)23-12-8-11-19-25-20(16(2)3)26-28-19/h7,9-10,15-16H,6,8,11-14H2,1-5H3,(H2,22,23,24). The highest BCUT2D eigenvalue weighted by molar-refractivity contribution is 5.79. The molecule has 0 unspecified atom stereocenters. The zero-order chi connectivity index (χ0) is 20.4. The minimum absolute atomic E-state index is 0.293. The van der Waals surface area contributed by atoms with Gasteiger partial charge in [0, 0.05) is 51.3 Å². The van der Waals surface area contributed by atoms with E-state index in [-0.39, 0.29) is 0 Å². The third-order valence-electron chi connectivity index (χ3n) is 4.51. The molecule has 1 aromatic heterocycles. The van der Waals surface area contributed by atoms with Crippen molar-refractivity contribution in [3.05, 3.63) is 41.5 Å². The van der Waals surface area contributed by atoms with E-state index in [0.717, 1.165) is 50.8 Å². The fourth-order valence-electron chi connectivity index (χ4n) is 2.87. The third kappa shape index (κ3) is 6.87. The quantitative estimate of drug-likeness (QED) is 0.371. The molecule has 0 aliphatic carbocycles. The number of likely N-dealkylation sites (N-methyl/N-ethyl adjacent to an activating group) is 1. The number of aliphatic imine (C=N–C) groups is 1. The summed E-state index contributed by atoms with van der Waals surface area (Å²) < 4.78 is 5.27. The molecule has 0 saturated heterocycles. The first-order chi connectivity index (χ1) is 13.5. The van der Waals surface area contributed by atoms with E-state index in [9.17, 15) is 0 Å². The maximum Gasteiger partial charge on any atom is 0.226 e. The Morgan fingerprint density at radius 2 is 2.04 bits per heavy atom. The normalized spacial score (nSPS) is 11.7. The monoisotopic (exact) mass is 386 g/mol. The predicted octanol–water partition coefficient (Wildman–Crippen LogP) is 3.13. The summed E-state index contributed by atoms with van der Waals surface area (Å²) in [5.74, 6) is 2.58. The number of aryl methyl sites for hydroxylation is 2. The van der Waals surface area contributed by atoms with Crippen LogP contribution in [-0.4, -0.2) is 49.3 Å². The van der Waals surface area contributed by atoms with Gasteiger partial charge in [-0.2, -0.15) is 4.98 Å². The Balaban J connectivity index is 1.69. The van der Waals surface area contributed by atoms with Gasteiger partial charge >= 0.3 is 0 Å². The molecule has 7 nitrogen and oxygen atoms in total. The van der Waals surface area contributed by atoms with Gasteiger partial charge in [0.2, 0.25) is 5.89 Å². The Morgan fingerprint density at radius 1 is 1.25 bits per heavy atom. The van der Waals surface area contributed by atoms with E-state index in [2.05, 4.69) is 82.6 Å². The van der Waals surface area contributed by atoms with Crippen molar-refractivity contribution in [1.29, 1.82) is 0 Å². The van der Waals surface area contributed by atoms with E-state index in [1.807, 2.05) is 0 Å². The molecule has 1 heterocycles. The molecule has 0 fully saturated rings. The van der Waals surface area contributed by atoms with Crippen LogP contribution in [0.25, 0.3) is 0 Å². The number of aromatic nitrogens is 2. The molecule has 0 aliphatic heterocycles. The van der Waals surface area contributed by atoms with Crippen LogP contribution in [-0.2, 0) is 6.42 Å². The molecule has 0 bridgehead atoms. The summed E-state index contributed by atoms with van der Waals surface area (Å²) in [6.07, 6.45) is 1.67. The number of nitrogens with zero attached hydrogens (tertiary/aromatic N) is 4. The smallest absolute Gasteiger partial charge is 0.226 e. The minimum Gasteiger partial charge on any atom is -0.370 e. The average Bonchev–Trinajstić information content (AvgIpc) is 3.16. The van der Waals surface area contributed by atoms with E-state index in [1.54, 1.807) is 7.05 Å². The highest BCUT2D eigenvalue weighted by Gasteiger charge is 2.09. The number of nitrogens with one attached hydrogen (secondary N) is 2. The lowest BCUT2D eigenvalue weighted by Gasteiger charge is -2.24. The van der Waals surface area contributed by atoms with Crippen molar-refractivity contribution in [2.75, 3.05) is 38.1 Å². The lowest BCUT2D eigenvalue weighted by Crippen LogP contribution is -2.42. The molecule has 0 aliphatic rings. The Labute approximate surface area is 168 Å². The van der Waals surface area contributed by atoms with Gasteiger partial charge in [0.25, 0.3) is 0 Å². The number of hydrogen-bond acceptors (Lipinski definition) is 5. The summed E-state index contributed by atoms with van der Waals surface area (Å²) >= 11 is 0. The molecule has 2 rings (SSSR count). The number of guanidine groups is 1. The molecule has 0 saturated carbocycles. The maximum atomic E-state index is 5.27. The van der Waals surface area contributed by atoms with E-state index in [1.165, 1.54) is 11.3 Å². The third-order valence-corrected chi connectivity index (χ3v) is 4.51. The highest BCUT2D eigenvalue weighted by Crippen LogP contribution is 2.15. The number of anilines is 1. The van der Waals surface area contributed by atoms with Gasteiger partial charge < -0.3 is 20.1 Å². The van der Waals surface area contributed by atoms with Crippen LogP contribution in [0, 0.1) is 6.92 Å². The Morgan fingerprint density at radius 3 is 2.68 bits per heavy atom. The van der Waals surface area contributed by atoms with Crippen LogP contribution in [0.2, 0.25) is 0 Å². The van der Waals surface area contributed by atoms with Crippen LogP contribution in [0.15, 0.2) is 33.8 Å². The Bertz CT molecular complexity index is 740. The summed E-state index contributed by atoms with van der Waals surface area (Å²) in [6.45, 7) is 11.9. The molecule has 2 aromatic rings. The Kier molecular flexibility index (Phi) is 8.78. The predicted molar refractivity (Wildman–Crippen MR) is 115 cm³/mol. The summed E-state index contributed by atoms with van der Waals surface area (Å²) in [4.78, 5) is 11.1. The van der Waals surface area contributed by atoms with Crippen LogP contribution in [0.5, 0.6) is 0 Å². The van der Waals surface area contributed by atoms with Gasteiger partial charge in [-0.25, -0.2) is 0 Å². The minimum atomic E-state index is 0.293. The van der Waals surface area contributed by atoms with Crippen molar-refractivity contribution in [1.82, 2.24) is 20.8 Å². The van der Waals surface area contributed by atoms with Crippen molar-refractivity contribution in [2.45, 2.75) is 46.5 Å². The number of hydrogen-bond donors (Lipinski definition) is 2. The molecule has 2 N–H and O–H groups in total. The lowest BCUT2D eigenvalue weighted by atomic mass is 10.2.